The number of carbonyl (C=O) groups excluding carboxylic acids is 1. The lowest BCUT2D eigenvalue weighted by Gasteiger charge is -1.88. The molecule has 39 valence electrons. The van der Waals surface area contributed by atoms with Gasteiger partial charge in [-0.1, -0.05) is 15.9 Å². The maximum atomic E-state index is 10.3. The van der Waals surface area contributed by atoms with Gasteiger partial charge in [0, 0.05) is 6.42 Å². The maximum absolute atomic E-state index is 10.3. The van der Waals surface area contributed by atoms with E-state index < -0.39 is 0 Å². The van der Waals surface area contributed by atoms with Crippen LogP contribution in [0.2, 0.25) is 0 Å². The van der Waals surface area contributed by atoms with E-state index in [2.05, 4.69) is 21.2 Å². The molecule has 0 saturated carbocycles. The highest BCUT2D eigenvalue weighted by Gasteiger charge is 2.19. The average Bonchev–Trinajstić information content (AvgIpc) is 1.87. The van der Waals surface area contributed by atoms with Crippen molar-refractivity contribution in [2.75, 3.05) is 0 Å². The summed E-state index contributed by atoms with van der Waals surface area (Å²) in [6, 6.07) is 0. The molecule has 0 spiro atoms. The summed E-state index contributed by atoms with van der Waals surface area (Å²) in [4.78, 5) is 10.4. The standard InChI is InChI=1S/C4H5BrNO/c5-3-1-2-4(7)6-3/h3H,1-2H2. The van der Waals surface area contributed by atoms with Crippen LogP contribution in [0.3, 0.4) is 0 Å². The summed E-state index contributed by atoms with van der Waals surface area (Å²) in [6.07, 6.45) is 1.49. The zero-order valence-electron chi connectivity index (χ0n) is 3.72. The Morgan fingerprint density at radius 1 is 1.86 bits per heavy atom. The molecule has 1 radical (unpaired) electrons. The Morgan fingerprint density at radius 3 is 2.71 bits per heavy atom. The maximum Gasteiger partial charge on any atom is 0.242 e. The number of hydrogen-bond donors (Lipinski definition) is 0. The summed E-state index contributed by atoms with van der Waals surface area (Å²) in [5.41, 5.74) is 0. The molecule has 0 aliphatic carbocycles. The van der Waals surface area contributed by atoms with E-state index >= 15 is 0 Å². The molecule has 0 N–H and O–H groups in total. The smallest absolute Gasteiger partial charge is 0.242 e. The molecule has 1 rings (SSSR count). The van der Waals surface area contributed by atoms with Crippen LogP contribution in [0.1, 0.15) is 12.8 Å². The number of halogens is 1. The first-order valence-electron chi connectivity index (χ1n) is 2.17. The van der Waals surface area contributed by atoms with Crippen LogP contribution >= 0.6 is 15.9 Å². The van der Waals surface area contributed by atoms with Crippen LogP contribution in [0.4, 0.5) is 0 Å². The zero-order valence-corrected chi connectivity index (χ0v) is 5.31. The van der Waals surface area contributed by atoms with Crippen molar-refractivity contribution in [3.8, 4) is 0 Å². The third-order valence-corrected chi connectivity index (χ3v) is 1.54. The molecule has 1 amide bonds. The molecular weight excluding hydrogens is 158 g/mol. The van der Waals surface area contributed by atoms with E-state index in [0.717, 1.165) is 6.42 Å². The first-order valence-corrected chi connectivity index (χ1v) is 3.08. The monoisotopic (exact) mass is 162 g/mol. The van der Waals surface area contributed by atoms with Crippen molar-refractivity contribution in [3.05, 3.63) is 0 Å². The Balaban J connectivity index is 2.40. The Labute approximate surface area is 50.4 Å². The fourth-order valence-corrected chi connectivity index (χ4v) is 0.985. The average molecular weight is 163 g/mol. The third kappa shape index (κ3) is 1.16. The van der Waals surface area contributed by atoms with Gasteiger partial charge in [-0.3, -0.25) is 4.79 Å². The minimum atomic E-state index is 0.0295. The highest BCUT2D eigenvalue weighted by molar-refractivity contribution is 9.09. The summed E-state index contributed by atoms with van der Waals surface area (Å²) >= 11 is 3.19. The minimum absolute atomic E-state index is 0.0295. The number of alkyl halides is 1. The van der Waals surface area contributed by atoms with E-state index in [1.54, 1.807) is 0 Å². The van der Waals surface area contributed by atoms with Gasteiger partial charge in [0.25, 0.3) is 0 Å². The minimum Gasteiger partial charge on any atom is -0.273 e. The summed E-state index contributed by atoms with van der Waals surface area (Å²) in [7, 11) is 0. The van der Waals surface area contributed by atoms with Crippen molar-refractivity contribution in [3.63, 3.8) is 0 Å². The van der Waals surface area contributed by atoms with Crippen LogP contribution in [0.15, 0.2) is 0 Å². The molecule has 0 bridgehead atoms. The van der Waals surface area contributed by atoms with Crippen LogP contribution in [-0.2, 0) is 4.79 Å². The van der Waals surface area contributed by atoms with Gasteiger partial charge in [-0.05, 0) is 6.42 Å². The lowest BCUT2D eigenvalue weighted by atomic mass is 10.4. The molecule has 1 aliphatic heterocycles. The summed E-state index contributed by atoms with van der Waals surface area (Å²) in [5.74, 6) is 0.0295. The van der Waals surface area contributed by atoms with E-state index in [1.807, 2.05) is 0 Å². The van der Waals surface area contributed by atoms with Gasteiger partial charge in [-0.2, -0.15) is 0 Å². The van der Waals surface area contributed by atoms with Crippen LogP contribution in [0, 0.1) is 0 Å². The molecular formula is C4H5BrNO. The SMILES string of the molecule is O=C1CCC(Br)[N]1. The number of rotatable bonds is 0. The highest BCUT2D eigenvalue weighted by atomic mass is 79.9. The number of nitrogens with zero attached hydrogens (tertiary/aromatic N) is 1. The predicted octanol–water partition coefficient (Wildman–Crippen LogP) is 0.632. The molecule has 1 saturated heterocycles. The second kappa shape index (κ2) is 1.82. The predicted molar refractivity (Wildman–Crippen MR) is 29.1 cm³/mol. The number of amides is 1. The molecule has 0 aromatic rings. The van der Waals surface area contributed by atoms with E-state index in [4.69, 9.17) is 0 Å². The summed E-state index contributed by atoms with van der Waals surface area (Å²) in [6.45, 7) is 0. The van der Waals surface area contributed by atoms with Gasteiger partial charge in [0.2, 0.25) is 5.91 Å². The molecule has 0 aromatic carbocycles. The first kappa shape index (κ1) is 5.09. The highest BCUT2D eigenvalue weighted by Crippen LogP contribution is 2.12. The Kier molecular flexibility index (Phi) is 1.32. The van der Waals surface area contributed by atoms with Crippen molar-refractivity contribution in [1.29, 1.82) is 0 Å². The Morgan fingerprint density at radius 2 is 2.57 bits per heavy atom. The van der Waals surface area contributed by atoms with E-state index in [0.29, 0.717) is 6.42 Å². The topological polar surface area (TPSA) is 31.2 Å². The van der Waals surface area contributed by atoms with Gasteiger partial charge in [-0.15, -0.1) is 0 Å². The fourth-order valence-electron chi connectivity index (χ4n) is 0.528. The van der Waals surface area contributed by atoms with Gasteiger partial charge in [-0.25, -0.2) is 5.32 Å². The normalized spacial score (nSPS) is 30.4. The van der Waals surface area contributed by atoms with Gasteiger partial charge in [0.15, 0.2) is 0 Å². The second-order valence-corrected chi connectivity index (χ2v) is 2.55. The molecule has 3 heteroatoms. The molecule has 1 aliphatic rings. The Hall–Kier alpha value is -0.0500. The van der Waals surface area contributed by atoms with Crippen LogP contribution in [0.25, 0.3) is 0 Å². The largest absolute Gasteiger partial charge is 0.273 e. The van der Waals surface area contributed by atoms with Crippen molar-refractivity contribution in [2.24, 2.45) is 0 Å². The third-order valence-electron chi connectivity index (χ3n) is 0.880. The summed E-state index contributed by atoms with van der Waals surface area (Å²) < 4.78 is 0. The fraction of sp³-hybridized carbons (Fsp3) is 0.750. The van der Waals surface area contributed by atoms with Crippen LogP contribution < -0.4 is 5.32 Å². The number of carbonyl (C=O) groups is 1. The van der Waals surface area contributed by atoms with Crippen molar-refractivity contribution >= 4 is 21.8 Å². The van der Waals surface area contributed by atoms with Gasteiger partial charge >= 0.3 is 0 Å². The van der Waals surface area contributed by atoms with Crippen LogP contribution in [0.5, 0.6) is 0 Å². The Bertz CT molecular complexity index is 93.7. The zero-order chi connectivity index (χ0) is 5.28. The molecule has 1 heterocycles. The molecule has 7 heavy (non-hydrogen) atoms. The first-order chi connectivity index (χ1) is 3.29. The van der Waals surface area contributed by atoms with Crippen molar-refractivity contribution < 1.29 is 4.79 Å². The quantitative estimate of drug-likeness (QED) is 0.380. The molecule has 0 aromatic heterocycles. The molecule has 2 nitrogen and oxygen atoms in total. The van der Waals surface area contributed by atoms with Crippen molar-refractivity contribution in [2.45, 2.75) is 17.8 Å². The lowest BCUT2D eigenvalue weighted by molar-refractivity contribution is -0.119. The number of hydrogen-bond acceptors (Lipinski definition) is 1. The molecule has 1 fully saturated rings. The van der Waals surface area contributed by atoms with Crippen LogP contribution in [-0.4, -0.2) is 10.9 Å². The van der Waals surface area contributed by atoms with Gasteiger partial charge in [0.1, 0.15) is 4.95 Å². The van der Waals surface area contributed by atoms with Crippen molar-refractivity contribution in [1.82, 2.24) is 5.32 Å². The molecule has 1 atom stereocenters. The van der Waals surface area contributed by atoms with Gasteiger partial charge in [0.05, 0.1) is 0 Å². The van der Waals surface area contributed by atoms with E-state index in [1.165, 1.54) is 0 Å². The lowest BCUT2D eigenvalue weighted by Crippen LogP contribution is -2.09. The second-order valence-electron chi connectivity index (χ2n) is 1.50. The van der Waals surface area contributed by atoms with E-state index in [-0.39, 0.29) is 10.9 Å². The molecule has 1 unspecified atom stereocenters. The van der Waals surface area contributed by atoms with E-state index in [9.17, 15) is 4.79 Å². The summed E-state index contributed by atoms with van der Waals surface area (Å²) in [5, 5.41) is 3.67. The van der Waals surface area contributed by atoms with Gasteiger partial charge < -0.3 is 0 Å².